The first-order valence-corrected chi connectivity index (χ1v) is 8.30. The lowest BCUT2D eigenvalue weighted by Crippen LogP contribution is -2.35. The van der Waals surface area contributed by atoms with Crippen molar-refractivity contribution in [2.45, 2.75) is 32.9 Å². The van der Waals surface area contributed by atoms with Crippen LogP contribution in [0.1, 0.15) is 30.9 Å². The summed E-state index contributed by atoms with van der Waals surface area (Å²) in [5.74, 6) is 0.634. The fourth-order valence-electron chi connectivity index (χ4n) is 2.25. The Morgan fingerprint density at radius 2 is 2.12 bits per heavy atom. The number of aryl methyl sites for hydroxylation is 1. The maximum atomic E-state index is 11.1. The lowest BCUT2D eigenvalue weighted by atomic mass is 10.1. The topological polar surface area (TPSA) is 111 Å². The third-order valence-electron chi connectivity index (χ3n) is 3.57. The van der Waals surface area contributed by atoms with Gasteiger partial charge in [0.15, 0.2) is 5.69 Å². The molecular weight excluding hydrogens is 338 g/mol. The van der Waals surface area contributed by atoms with Crippen LogP contribution in [-0.4, -0.2) is 40.5 Å². The highest BCUT2D eigenvalue weighted by Gasteiger charge is 2.22. The van der Waals surface area contributed by atoms with Crippen LogP contribution in [0.25, 0.3) is 12.2 Å². The highest BCUT2D eigenvalue weighted by atomic mass is 16.6. The number of rotatable bonds is 9. The van der Waals surface area contributed by atoms with Crippen LogP contribution in [0.3, 0.4) is 0 Å². The summed E-state index contributed by atoms with van der Waals surface area (Å²) in [7, 11) is 0. The van der Waals surface area contributed by atoms with Crippen LogP contribution in [0.15, 0.2) is 28.8 Å². The molecule has 0 amide bonds. The number of hydrogen-bond acceptors (Lipinski definition) is 7. The van der Waals surface area contributed by atoms with Crippen molar-refractivity contribution >= 4 is 17.8 Å². The molecule has 0 fully saturated rings. The smallest absolute Gasteiger partial charge is 0.338 e. The standard InChI is InChI=1S/C18H23N3O5/c1-12(2)19-10-15(22)11-25-16-7-5-4-6-14(16)8-9-17-18(21(23)24)13(3)20-26-17/h4-9,12,15,19,22H,10-11H2,1-3H3. The van der Waals surface area contributed by atoms with Gasteiger partial charge in [0.1, 0.15) is 18.5 Å². The average molecular weight is 361 g/mol. The number of nitrogens with one attached hydrogen (secondary N) is 1. The van der Waals surface area contributed by atoms with Crippen LogP contribution in [0, 0.1) is 17.0 Å². The molecule has 8 nitrogen and oxygen atoms in total. The number of aromatic nitrogens is 1. The van der Waals surface area contributed by atoms with Crippen molar-refractivity contribution in [1.29, 1.82) is 0 Å². The predicted molar refractivity (Wildman–Crippen MR) is 97.9 cm³/mol. The number of ether oxygens (including phenoxy) is 1. The molecule has 8 heteroatoms. The van der Waals surface area contributed by atoms with E-state index in [1.807, 2.05) is 26.0 Å². The minimum Gasteiger partial charge on any atom is -0.490 e. The van der Waals surface area contributed by atoms with Gasteiger partial charge in [0, 0.05) is 18.2 Å². The van der Waals surface area contributed by atoms with Crippen LogP contribution in [0.5, 0.6) is 5.75 Å². The molecule has 1 aromatic heterocycles. The maximum Gasteiger partial charge on any atom is 0.338 e. The van der Waals surface area contributed by atoms with Crippen molar-refractivity contribution in [3.63, 3.8) is 0 Å². The van der Waals surface area contributed by atoms with Gasteiger partial charge in [-0.3, -0.25) is 10.1 Å². The number of benzene rings is 1. The van der Waals surface area contributed by atoms with Crippen molar-refractivity contribution in [2.75, 3.05) is 13.2 Å². The van der Waals surface area contributed by atoms with Crippen molar-refractivity contribution in [2.24, 2.45) is 0 Å². The lowest BCUT2D eigenvalue weighted by Gasteiger charge is -2.16. The largest absolute Gasteiger partial charge is 0.490 e. The number of nitrogens with zero attached hydrogens (tertiary/aromatic N) is 2. The molecule has 0 saturated heterocycles. The van der Waals surface area contributed by atoms with Gasteiger partial charge in [-0.2, -0.15) is 0 Å². The third-order valence-corrected chi connectivity index (χ3v) is 3.57. The van der Waals surface area contributed by atoms with Crippen LogP contribution < -0.4 is 10.1 Å². The first kappa shape index (κ1) is 19.6. The fourth-order valence-corrected chi connectivity index (χ4v) is 2.25. The molecule has 0 radical (unpaired) electrons. The fraction of sp³-hybridized carbons (Fsp3) is 0.389. The van der Waals surface area contributed by atoms with Gasteiger partial charge < -0.3 is 19.7 Å². The quantitative estimate of drug-likeness (QED) is 0.522. The van der Waals surface area contributed by atoms with Crippen LogP contribution >= 0.6 is 0 Å². The normalized spacial score (nSPS) is 12.7. The van der Waals surface area contributed by atoms with Crippen molar-refractivity contribution in [3.05, 3.63) is 51.4 Å². The van der Waals surface area contributed by atoms with Gasteiger partial charge in [-0.15, -0.1) is 0 Å². The van der Waals surface area contributed by atoms with E-state index >= 15 is 0 Å². The molecule has 1 unspecified atom stereocenters. The maximum absolute atomic E-state index is 11.1. The SMILES string of the molecule is Cc1noc(C=Cc2ccccc2OCC(O)CNC(C)C)c1[N+](=O)[O-]. The number of aliphatic hydroxyl groups is 1. The first-order valence-electron chi connectivity index (χ1n) is 8.30. The Morgan fingerprint density at radius 3 is 2.81 bits per heavy atom. The van der Waals surface area contributed by atoms with Gasteiger partial charge in [0.05, 0.1) is 4.92 Å². The Kier molecular flexibility index (Phi) is 6.88. The molecule has 2 rings (SSSR count). The molecule has 2 aromatic rings. The zero-order chi connectivity index (χ0) is 19.1. The van der Waals surface area contributed by atoms with Crippen molar-refractivity contribution < 1.29 is 19.3 Å². The molecule has 26 heavy (non-hydrogen) atoms. The van der Waals surface area contributed by atoms with Crippen LogP contribution in [-0.2, 0) is 0 Å². The predicted octanol–water partition coefficient (Wildman–Crippen LogP) is 2.80. The highest BCUT2D eigenvalue weighted by molar-refractivity contribution is 5.74. The van der Waals surface area contributed by atoms with Gasteiger partial charge in [-0.05, 0) is 25.1 Å². The second-order valence-electron chi connectivity index (χ2n) is 6.14. The van der Waals surface area contributed by atoms with Gasteiger partial charge in [-0.25, -0.2) is 0 Å². The zero-order valence-electron chi connectivity index (χ0n) is 15.0. The summed E-state index contributed by atoms with van der Waals surface area (Å²) in [4.78, 5) is 10.6. The number of nitro groups is 1. The molecule has 1 heterocycles. The summed E-state index contributed by atoms with van der Waals surface area (Å²) in [5.41, 5.74) is 0.773. The molecule has 0 aliphatic rings. The monoisotopic (exact) mass is 361 g/mol. The molecule has 0 aliphatic carbocycles. The Bertz CT molecular complexity index is 770. The minimum atomic E-state index is -0.646. The number of aliphatic hydroxyl groups excluding tert-OH is 1. The van der Waals surface area contributed by atoms with Crippen molar-refractivity contribution in [1.82, 2.24) is 10.5 Å². The summed E-state index contributed by atoms with van der Waals surface area (Å²) >= 11 is 0. The molecule has 0 aliphatic heterocycles. The number of hydrogen-bond donors (Lipinski definition) is 2. The molecule has 0 bridgehead atoms. The van der Waals surface area contributed by atoms with E-state index in [1.54, 1.807) is 18.2 Å². The van der Waals surface area contributed by atoms with E-state index in [0.29, 0.717) is 17.9 Å². The van der Waals surface area contributed by atoms with E-state index in [9.17, 15) is 15.2 Å². The van der Waals surface area contributed by atoms with Crippen LogP contribution in [0.4, 0.5) is 5.69 Å². The van der Waals surface area contributed by atoms with Crippen LogP contribution in [0.2, 0.25) is 0 Å². The summed E-state index contributed by atoms with van der Waals surface area (Å²) in [6.07, 6.45) is 2.49. The van der Waals surface area contributed by atoms with Gasteiger partial charge in [0.2, 0.25) is 5.76 Å². The molecule has 2 N–H and O–H groups in total. The molecule has 1 atom stereocenters. The Hall–Kier alpha value is -2.71. The molecular formula is C18H23N3O5. The molecule has 0 saturated carbocycles. The van der Waals surface area contributed by atoms with Gasteiger partial charge in [-0.1, -0.05) is 37.2 Å². The van der Waals surface area contributed by atoms with Gasteiger partial charge in [0.25, 0.3) is 0 Å². The Balaban J connectivity index is 2.08. The average Bonchev–Trinajstić information content (AvgIpc) is 2.97. The summed E-state index contributed by atoms with van der Waals surface area (Å²) in [6.45, 7) is 6.07. The molecule has 140 valence electrons. The van der Waals surface area contributed by atoms with Crippen molar-refractivity contribution in [3.8, 4) is 5.75 Å². The second kappa shape index (κ2) is 9.12. The van der Waals surface area contributed by atoms with E-state index in [4.69, 9.17) is 9.26 Å². The van der Waals surface area contributed by atoms with E-state index in [-0.39, 0.29) is 29.8 Å². The zero-order valence-corrected chi connectivity index (χ0v) is 15.0. The number of para-hydroxylation sites is 1. The van der Waals surface area contributed by atoms with E-state index in [0.717, 1.165) is 0 Å². The summed E-state index contributed by atoms with van der Waals surface area (Å²) in [6, 6.07) is 7.48. The Labute approximate surface area is 151 Å². The minimum absolute atomic E-state index is 0.0727. The van der Waals surface area contributed by atoms with E-state index < -0.39 is 11.0 Å². The summed E-state index contributed by atoms with van der Waals surface area (Å²) in [5, 5.41) is 27.8. The summed E-state index contributed by atoms with van der Waals surface area (Å²) < 4.78 is 10.7. The molecule has 0 spiro atoms. The lowest BCUT2D eigenvalue weighted by molar-refractivity contribution is -0.386. The Morgan fingerprint density at radius 1 is 1.38 bits per heavy atom. The van der Waals surface area contributed by atoms with Gasteiger partial charge >= 0.3 is 5.69 Å². The third kappa shape index (κ3) is 5.40. The van der Waals surface area contributed by atoms with E-state index in [2.05, 4.69) is 10.5 Å². The second-order valence-corrected chi connectivity index (χ2v) is 6.14. The highest BCUT2D eigenvalue weighted by Crippen LogP contribution is 2.26. The first-order chi connectivity index (χ1) is 12.4. The molecule has 1 aromatic carbocycles. The van der Waals surface area contributed by atoms with E-state index in [1.165, 1.54) is 13.0 Å².